The van der Waals surface area contributed by atoms with E-state index >= 15 is 0 Å². The molecule has 7 heteroatoms. The number of thioether (sulfide) groups is 1. The normalized spacial score (nSPS) is 21.5. The molecule has 3 rings (SSSR count). The molecule has 4 nitrogen and oxygen atoms in total. The largest absolute Gasteiger partial charge is 0.481 e. The zero-order valence-corrected chi connectivity index (χ0v) is 12.9. The minimum atomic E-state index is -0.898. The highest BCUT2D eigenvalue weighted by Crippen LogP contribution is 2.42. The lowest BCUT2D eigenvalue weighted by Crippen LogP contribution is -2.25. The second kappa shape index (κ2) is 5.50. The van der Waals surface area contributed by atoms with Crippen molar-refractivity contribution in [2.24, 2.45) is 5.92 Å². The standard InChI is InChI=1S/C14H14ClFN2O2S/c1-7-2-8(3-7)18-12-5-10(16)9(15)4-11(12)17-14(18)21-6-13(19)20/h4-5,7-8H,2-3,6H2,1H3,(H,19,20). The maximum Gasteiger partial charge on any atom is 0.313 e. The predicted molar refractivity (Wildman–Crippen MR) is 80.5 cm³/mol. The molecule has 0 aliphatic heterocycles. The van der Waals surface area contributed by atoms with Crippen LogP contribution in [0.15, 0.2) is 17.3 Å². The number of carbonyl (C=O) groups is 1. The molecular weight excluding hydrogens is 315 g/mol. The number of rotatable bonds is 4. The first-order valence-corrected chi connectivity index (χ1v) is 8.03. The first-order valence-electron chi connectivity index (χ1n) is 6.67. The molecular formula is C14H14ClFN2O2S. The molecule has 21 heavy (non-hydrogen) atoms. The highest BCUT2D eigenvalue weighted by Gasteiger charge is 2.30. The molecule has 1 aliphatic carbocycles. The molecule has 0 amide bonds. The summed E-state index contributed by atoms with van der Waals surface area (Å²) in [6.07, 6.45) is 1.99. The Morgan fingerprint density at radius 3 is 2.90 bits per heavy atom. The summed E-state index contributed by atoms with van der Waals surface area (Å²) < 4.78 is 15.7. The van der Waals surface area contributed by atoms with E-state index in [0.717, 1.165) is 24.6 Å². The van der Waals surface area contributed by atoms with E-state index in [-0.39, 0.29) is 16.8 Å². The number of fused-ring (bicyclic) bond motifs is 1. The lowest BCUT2D eigenvalue weighted by Gasteiger charge is -2.35. The number of imidazole rings is 1. The number of nitrogens with zero attached hydrogens (tertiary/aromatic N) is 2. The third-order valence-electron chi connectivity index (χ3n) is 3.74. The van der Waals surface area contributed by atoms with Crippen molar-refractivity contribution in [2.75, 3.05) is 5.75 Å². The summed E-state index contributed by atoms with van der Waals surface area (Å²) >= 11 is 6.96. The van der Waals surface area contributed by atoms with Crippen LogP contribution in [-0.4, -0.2) is 26.4 Å². The summed E-state index contributed by atoms with van der Waals surface area (Å²) in [7, 11) is 0. The van der Waals surface area contributed by atoms with E-state index in [2.05, 4.69) is 11.9 Å². The van der Waals surface area contributed by atoms with Crippen molar-refractivity contribution in [3.05, 3.63) is 23.0 Å². The highest BCUT2D eigenvalue weighted by atomic mass is 35.5. The van der Waals surface area contributed by atoms with Crippen molar-refractivity contribution < 1.29 is 14.3 Å². The molecule has 1 aromatic carbocycles. The number of hydrogen-bond acceptors (Lipinski definition) is 3. The molecule has 0 spiro atoms. The second-order valence-electron chi connectivity index (χ2n) is 5.43. The van der Waals surface area contributed by atoms with Crippen LogP contribution in [-0.2, 0) is 4.79 Å². The summed E-state index contributed by atoms with van der Waals surface area (Å²) in [5, 5.41) is 9.49. The van der Waals surface area contributed by atoms with E-state index in [4.69, 9.17) is 16.7 Å². The number of carboxylic acids is 1. The van der Waals surface area contributed by atoms with Gasteiger partial charge in [-0.15, -0.1) is 0 Å². The maximum atomic E-state index is 13.7. The Balaban J connectivity index is 2.06. The molecule has 1 heterocycles. The monoisotopic (exact) mass is 328 g/mol. The van der Waals surface area contributed by atoms with Gasteiger partial charge in [-0.3, -0.25) is 4.79 Å². The van der Waals surface area contributed by atoms with E-state index in [1.807, 2.05) is 4.57 Å². The maximum absolute atomic E-state index is 13.7. The smallest absolute Gasteiger partial charge is 0.313 e. The van der Waals surface area contributed by atoms with E-state index in [1.165, 1.54) is 12.1 Å². The lowest BCUT2D eigenvalue weighted by molar-refractivity contribution is -0.133. The van der Waals surface area contributed by atoms with Gasteiger partial charge in [-0.05, 0) is 24.8 Å². The van der Waals surface area contributed by atoms with Crippen LogP contribution in [0.2, 0.25) is 5.02 Å². The van der Waals surface area contributed by atoms with Crippen molar-refractivity contribution in [3.63, 3.8) is 0 Å². The van der Waals surface area contributed by atoms with Gasteiger partial charge in [0.25, 0.3) is 0 Å². The highest BCUT2D eigenvalue weighted by molar-refractivity contribution is 7.99. The van der Waals surface area contributed by atoms with Crippen molar-refractivity contribution in [1.82, 2.24) is 9.55 Å². The molecule has 1 fully saturated rings. The number of aromatic nitrogens is 2. The minimum Gasteiger partial charge on any atom is -0.481 e. The molecule has 1 N–H and O–H groups in total. The first kappa shape index (κ1) is 14.7. The number of halogens is 2. The average molecular weight is 329 g/mol. The molecule has 112 valence electrons. The van der Waals surface area contributed by atoms with E-state index in [9.17, 15) is 9.18 Å². The molecule has 0 atom stereocenters. The fraction of sp³-hybridized carbons (Fsp3) is 0.429. The Kier molecular flexibility index (Phi) is 3.84. The topological polar surface area (TPSA) is 55.1 Å². The zero-order chi connectivity index (χ0) is 15.1. The van der Waals surface area contributed by atoms with Crippen LogP contribution in [0.1, 0.15) is 25.8 Å². The van der Waals surface area contributed by atoms with Gasteiger partial charge in [0.1, 0.15) is 5.82 Å². The quantitative estimate of drug-likeness (QED) is 0.863. The molecule has 2 aromatic rings. The summed E-state index contributed by atoms with van der Waals surface area (Å²) in [6, 6.07) is 3.13. The summed E-state index contributed by atoms with van der Waals surface area (Å²) in [5.41, 5.74) is 1.29. The van der Waals surface area contributed by atoms with Crippen molar-refractivity contribution in [3.8, 4) is 0 Å². The number of aliphatic carboxylic acids is 1. The van der Waals surface area contributed by atoms with Crippen LogP contribution < -0.4 is 0 Å². The van der Waals surface area contributed by atoms with Crippen LogP contribution in [0, 0.1) is 11.7 Å². The average Bonchev–Trinajstić information content (AvgIpc) is 2.71. The lowest BCUT2D eigenvalue weighted by atomic mass is 9.81. The molecule has 0 saturated heterocycles. The zero-order valence-electron chi connectivity index (χ0n) is 11.3. The van der Waals surface area contributed by atoms with Crippen LogP contribution in [0.25, 0.3) is 11.0 Å². The number of hydrogen-bond donors (Lipinski definition) is 1. The van der Waals surface area contributed by atoms with Gasteiger partial charge in [-0.25, -0.2) is 9.37 Å². The van der Waals surface area contributed by atoms with Crippen molar-refractivity contribution in [1.29, 1.82) is 0 Å². The van der Waals surface area contributed by atoms with Crippen LogP contribution in [0.3, 0.4) is 0 Å². The van der Waals surface area contributed by atoms with E-state index in [0.29, 0.717) is 22.1 Å². The van der Waals surface area contributed by atoms with Crippen molar-refractivity contribution in [2.45, 2.75) is 31.0 Å². The number of carboxylic acid groups (broad SMARTS) is 1. The van der Waals surface area contributed by atoms with Gasteiger partial charge in [-0.1, -0.05) is 30.3 Å². The van der Waals surface area contributed by atoms with Crippen LogP contribution in [0.5, 0.6) is 0 Å². The molecule has 1 aliphatic rings. The van der Waals surface area contributed by atoms with E-state index in [1.54, 1.807) is 0 Å². The third kappa shape index (κ3) is 2.74. The second-order valence-corrected chi connectivity index (χ2v) is 6.78. The van der Waals surface area contributed by atoms with Crippen LogP contribution >= 0.6 is 23.4 Å². The summed E-state index contributed by atoms with van der Waals surface area (Å²) in [4.78, 5) is 15.2. The van der Waals surface area contributed by atoms with Gasteiger partial charge in [0, 0.05) is 12.1 Å². The van der Waals surface area contributed by atoms with Gasteiger partial charge >= 0.3 is 5.97 Å². The Hall–Kier alpha value is -1.27. The van der Waals surface area contributed by atoms with Crippen LogP contribution in [0.4, 0.5) is 4.39 Å². The fourth-order valence-electron chi connectivity index (χ4n) is 2.72. The molecule has 1 saturated carbocycles. The van der Waals surface area contributed by atoms with Gasteiger partial charge in [0.2, 0.25) is 0 Å². The molecule has 0 bridgehead atoms. The van der Waals surface area contributed by atoms with Gasteiger partial charge in [0.05, 0.1) is 21.8 Å². The van der Waals surface area contributed by atoms with Gasteiger partial charge in [-0.2, -0.15) is 0 Å². The van der Waals surface area contributed by atoms with Crippen molar-refractivity contribution >= 4 is 40.4 Å². The van der Waals surface area contributed by atoms with E-state index < -0.39 is 11.8 Å². The molecule has 1 aromatic heterocycles. The van der Waals surface area contributed by atoms with Gasteiger partial charge < -0.3 is 9.67 Å². The SMILES string of the molecule is CC1CC(n2c(SCC(=O)O)nc3cc(Cl)c(F)cc32)C1. The summed E-state index contributed by atoms with van der Waals surface area (Å²) in [5.74, 6) is -0.818. The summed E-state index contributed by atoms with van der Waals surface area (Å²) in [6.45, 7) is 2.16. The third-order valence-corrected chi connectivity index (χ3v) is 4.97. The Morgan fingerprint density at radius 1 is 1.57 bits per heavy atom. The molecule has 0 radical (unpaired) electrons. The van der Waals surface area contributed by atoms with Gasteiger partial charge in [0.15, 0.2) is 5.16 Å². The fourth-order valence-corrected chi connectivity index (χ4v) is 3.68. The Morgan fingerprint density at radius 2 is 2.29 bits per heavy atom. The number of benzene rings is 1. The first-order chi connectivity index (χ1) is 9.95. The minimum absolute atomic E-state index is 0.0314. The Bertz CT molecular complexity index is 713. The Labute approximate surface area is 130 Å². The predicted octanol–water partition coefficient (Wildman–Crippen LogP) is 3.98. The molecule has 0 unspecified atom stereocenters.